The van der Waals surface area contributed by atoms with Crippen LogP contribution in [0.5, 0.6) is 5.75 Å². The minimum absolute atomic E-state index is 0.305. The van der Waals surface area contributed by atoms with Crippen molar-refractivity contribution < 1.29 is 14.2 Å². The summed E-state index contributed by atoms with van der Waals surface area (Å²) < 4.78 is 20.5. The van der Waals surface area contributed by atoms with Crippen LogP contribution in [-0.4, -0.2) is 5.11 Å². The first-order valence-electron chi connectivity index (χ1n) is 6.04. The van der Waals surface area contributed by atoms with Crippen molar-refractivity contribution in [3.8, 4) is 5.75 Å². The monoisotopic (exact) mass is 322 g/mol. The predicted molar refractivity (Wildman–Crippen MR) is 73.5 cm³/mol. The van der Waals surface area contributed by atoms with E-state index in [0.717, 1.165) is 10.0 Å². The molecule has 0 spiro atoms. The maximum Gasteiger partial charge on any atom is 0.130 e. The first-order chi connectivity index (χ1) is 9.15. The van der Waals surface area contributed by atoms with Crippen LogP contribution in [0.15, 0.2) is 46.9 Å². The highest BCUT2D eigenvalue weighted by Gasteiger charge is 2.29. The molecule has 98 valence electrons. The Morgan fingerprint density at radius 3 is 2.74 bits per heavy atom. The van der Waals surface area contributed by atoms with Gasteiger partial charge in [0.2, 0.25) is 0 Å². The molecule has 4 heteroatoms. The average molecular weight is 323 g/mol. The quantitative estimate of drug-likeness (QED) is 0.854. The van der Waals surface area contributed by atoms with Crippen LogP contribution in [0.3, 0.4) is 0 Å². The number of benzene rings is 2. The number of aliphatic hydroxyl groups is 1. The third kappa shape index (κ3) is 2.38. The summed E-state index contributed by atoms with van der Waals surface area (Å²) in [5.74, 6) is 0.301. The third-order valence-corrected chi connectivity index (χ3v) is 3.78. The van der Waals surface area contributed by atoms with Crippen LogP contribution in [-0.2, 0) is 0 Å². The standard InChI is InChI=1S/C15H12BrFO2/c16-9-5-6-14-11(7-9)13(18)8-15(19-14)10-3-1-2-4-12(10)17/h1-7,13,15,18H,8H2. The fraction of sp³-hybridized carbons (Fsp3) is 0.200. The lowest BCUT2D eigenvalue weighted by atomic mass is 9.95. The SMILES string of the molecule is OC1CC(c2ccccc2F)Oc2ccc(Br)cc21. The minimum Gasteiger partial charge on any atom is -0.485 e. The highest BCUT2D eigenvalue weighted by atomic mass is 79.9. The van der Waals surface area contributed by atoms with Gasteiger partial charge in [0.1, 0.15) is 17.7 Å². The summed E-state index contributed by atoms with van der Waals surface area (Å²) in [7, 11) is 0. The van der Waals surface area contributed by atoms with Gasteiger partial charge in [0.05, 0.1) is 6.10 Å². The zero-order chi connectivity index (χ0) is 13.4. The van der Waals surface area contributed by atoms with Gasteiger partial charge in [-0.3, -0.25) is 0 Å². The highest BCUT2D eigenvalue weighted by molar-refractivity contribution is 9.10. The van der Waals surface area contributed by atoms with Gasteiger partial charge >= 0.3 is 0 Å². The summed E-state index contributed by atoms with van der Waals surface area (Å²) in [5, 5.41) is 10.2. The van der Waals surface area contributed by atoms with Crippen molar-refractivity contribution in [2.45, 2.75) is 18.6 Å². The van der Waals surface area contributed by atoms with E-state index in [2.05, 4.69) is 15.9 Å². The minimum atomic E-state index is -0.647. The fourth-order valence-electron chi connectivity index (χ4n) is 2.34. The molecule has 1 N–H and O–H groups in total. The molecule has 0 amide bonds. The van der Waals surface area contributed by atoms with Gasteiger partial charge in [-0.2, -0.15) is 0 Å². The second-order valence-electron chi connectivity index (χ2n) is 4.56. The Kier molecular flexibility index (Phi) is 3.29. The van der Waals surface area contributed by atoms with Crippen LogP contribution in [0.25, 0.3) is 0 Å². The molecule has 0 aromatic heterocycles. The average Bonchev–Trinajstić information content (AvgIpc) is 2.40. The first kappa shape index (κ1) is 12.6. The van der Waals surface area contributed by atoms with E-state index in [0.29, 0.717) is 17.7 Å². The van der Waals surface area contributed by atoms with Crippen LogP contribution in [0.1, 0.15) is 29.8 Å². The van der Waals surface area contributed by atoms with E-state index in [-0.39, 0.29) is 5.82 Å². The van der Waals surface area contributed by atoms with E-state index in [9.17, 15) is 9.50 Å². The molecular weight excluding hydrogens is 311 g/mol. The molecule has 1 aliphatic heterocycles. The second kappa shape index (κ2) is 4.94. The van der Waals surface area contributed by atoms with E-state index in [1.165, 1.54) is 6.07 Å². The van der Waals surface area contributed by atoms with Gasteiger partial charge < -0.3 is 9.84 Å². The van der Waals surface area contributed by atoms with Gasteiger partial charge in [-0.1, -0.05) is 34.1 Å². The number of ether oxygens (including phenoxy) is 1. The fourth-order valence-corrected chi connectivity index (χ4v) is 2.72. The van der Waals surface area contributed by atoms with Crippen molar-refractivity contribution in [2.75, 3.05) is 0 Å². The lowest BCUT2D eigenvalue weighted by molar-refractivity contribution is 0.0639. The molecular formula is C15H12BrFO2. The molecule has 19 heavy (non-hydrogen) atoms. The molecule has 0 saturated heterocycles. The zero-order valence-electron chi connectivity index (χ0n) is 10.0. The second-order valence-corrected chi connectivity index (χ2v) is 5.48. The molecule has 3 rings (SSSR count). The predicted octanol–water partition coefficient (Wildman–Crippen LogP) is 4.15. The zero-order valence-corrected chi connectivity index (χ0v) is 11.6. The van der Waals surface area contributed by atoms with Crippen LogP contribution < -0.4 is 4.74 Å². The van der Waals surface area contributed by atoms with Gasteiger partial charge in [0, 0.05) is 22.0 Å². The van der Waals surface area contributed by atoms with Gasteiger partial charge in [-0.15, -0.1) is 0 Å². The Morgan fingerprint density at radius 2 is 1.95 bits per heavy atom. The number of hydrogen-bond acceptors (Lipinski definition) is 2. The lowest BCUT2D eigenvalue weighted by Gasteiger charge is -2.30. The number of rotatable bonds is 1. The van der Waals surface area contributed by atoms with E-state index < -0.39 is 12.2 Å². The van der Waals surface area contributed by atoms with Crippen molar-refractivity contribution in [3.63, 3.8) is 0 Å². The summed E-state index contributed by atoms with van der Waals surface area (Å²) in [5.41, 5.74) is 1.22. The lowest BCUT2D eigenvalue weighted by Crippen LogP contribution is -2.19. The molecule has 1 heterocycles. The number of halogens is 2. The number of aliphatic hydroxyl groups excluding tert-OH is 1. The van der Waals surface area contributed by atoms with Crippen molar-refractivity contribution in [1.82, 2.24) is 0 Å². The van der Waals surface area contributed by atoms with E-state index in [1.807, 2.05) is 12.1 Å². The number of hydrogen-bond donors (Lipinski definition) is 1. The number of fused-ring (bicyclic) bond motifs is 1. The molecule has 2 aromatic carbocycles. The molecule has 2 atom stereocenters. The molecule has 0 bridgehead atoms. The molecule has 2 aromatic rings. The van der Waals surface area contributed by atoms with Crippen LogP contribution >= 0.6 is 15.9 Å². The van der Waals surface area contributed by atoms with E-state index in [4.69, 9.17) is 4.74 Å². The maximum atomic E-state index is 13.8. The molecule has 1 aliphatic rings. The normalized spacial score (nSPS) is 21.6. The van der Waals surface area contributed by atoms with Gasteiger partial charge in [0.15, 0.2) is 0 Å². The van der Waals surface area contributed by atoms with Crippen LogP contribution in [0.2, 0.25) is 0 Å². The van der Waals surface area contributed by atoms with E-state index in [1.54, 1.807) is 24.3 Å². The summed E-state index contributed by atoms with van der Waals surface area (Å²) >= 11 is 3.36. The topological polar surface area (TPSA) is 29.5 Å². The van der Waals surface area contributed by atoms with Crippen LogP contribution in [0.4, 0.5) is 4.39 Å². The Bertz CT molecular complexity index is 615. The van der Waals surface area contributed by atoms with Gasteiger partial charge in [-0.25, -0.2) is 4.39 Å². The molecule has 2 unspecified atom stereocenters. The van der Waals surface area contributed by atoms with Gasteiger partial charge in [-0.05, 0) is 24.3 Å². The summed E-state index contributed by atoms with van der Waals surface area (Å²) in [6.45, 7) is 0. The summed E-state index contributed by atoms with van der Waals surface area (Å²) in [6, 6.07) is 12.0. The molecule has 0 fully saturated rings. The van der Waals surface area contributed by atoms with E-state index >= 15 is 0 Å². The highest BCUT2D eigenvalue weighted by Crippen LogP contribution is 2.42. The Hall–Kier alpha value is -1.39. The van der Waals surface area contributed by atoms with Crippen molar-refractivity contribution in [1.29, 1.82) is 0 Å². The Labute approximate surface area is 119 Å². The third-order valence-electron chi connectivity index (χ3n) is 3.29. The Morgan fingerprint density at radius 1 is 1.16 bits per heavy atom. The van der Waals surface area contributed by atoms with Crippen molar-refractivity contribution in [3.05, 3.63) is 63.9 Å². The van der Waals surface area contributed by atoms with Crippen LogP contribution in [0, 0.1) is 5.82 Å². The van der Waals surface area contributed by atoms with Gasteiger partial charge in [0.25, 0.3) is 0 Å². The van der Waals surface area contributed by atoms with Crippen molar-refractivity contribution in [2.24, 2.45) is 0 Å². The summed E-state index contributed by atoms with van der Waals surface area (Å²) in [4.78, 5) is 0. The largest absolute Gasteiger partial charge is 0.485 e. The molecule has 0 aliphatic carbocycles. The van der Waals surface area contributed by atoms with Crippen molar-refractivity contribution >= 4 is 15.9 Å². The summed E-state index contributed by atoms with van der Waals surface area (Å²) in [6.07, 6.45) is -0.750. The molecule has 0 radical (unpaired) electrons. The smallest absolute Gasteiger partial charge is 0.130 e. The Balaban J connectivity index is 1.97. The maximum absolute atomic E-state index is 13.8. The first-order valence-corrected chi connectivity index (χ1v) is 6.83. The molecule has 2 nitrogen and oxygen atoms in total. The molecule has 0 saturated carbocycles.